The summed E-state index contributed by atoms with van der Waals surface area (Å²) in [7, 11) is 13.0. The van der Waals surface area contributed by atoms with Crippen molar-refractivity contribution in [1.82, 2.24) is 19.9 Å². The zero-order valence-electron chi connectivity index (χ0n) is 37.9. The number of ether oxygens (including phenoxy) is 8. The number of nitrogens with zero attached hydrogens (tertiary/aromatic N) is 2. The topological polar surface area (TPSA) is 131 Å². The first-order valence-corrected chi connectivity index (χ1v) is 24.0. The number of hydrogen-bond donors (Lipinski definition) is 2. The van der Waals surface area contributed by atoms with E-state index in [0.717, 1.165) is 66.6 Å². The van der Waals surface area contributed by atoms with Crippen molar-refractivity contribution in [3.05, 3.63) is 120 Å². The molecule has 16 heteroatoms. The molecule has 68 heavy (non-hydrogen) atoms. The summed E-state index contributed by atoms with van der Waals surface area (Å²) in [5.74, 6) is 4.79. The number of benzene rings is 4. The van der Waals surface area contributed by atoms with Crippen LogP contribution in [0.1, 0.15) is 22.8 Å². The van der Waals surface area contributed by atoms with Crippen LogP contribution in [0.25, 0.3) is 84.5 Å². The van der Waals surface area contributed by atoms with Crippen molar-refractivity contribution in [1.29, 1.82) is 0 Å². The van der Waals surface area contributed by atoms with Crippen LogP contribution in [0.4, 0.5) is 0 Å². The standard InChI is InChI=1S/C52H42Br4N4O8/c1-61-29-13-25(14-30(21-29)62-2)41-37-9-10-38(57-37)42(26-15-31(63-3)22-32(16-26)64-4)51-47(55)48(56)52(60-51)44(28-19-35(67-7)24-36(20-28)68-8)40-12-11-39(58-40)43(50-46(54)45(53)49(41)59-50)27-17-33(65-5)23-34(18-27)66-6/h9-24,57-58H,1-8H3. The highest BCUT2D eigenvalue weighted by Crippen LogP contribution is 2.51. The summed E-state index contributed by atoms with van der Waals surface area (Å²) >= 11 is 16.0. The van der Waals surface area contributed by atoms with Crippen molar-refractivity contribution in [2.75, 3.05) is 56.9 Å². The third-order valence-electron chi connectivity index (χ3n) is 11.6. The second-order valence-electron chi connectivity index (χ2n) is 15.4. The maximum Gasteiger partial charge on any atom is 0.123 e. The van der Waals surface area contributed by atoms with E-state index in [1.54, 1.807) is 56.9 Å². The molecule has 0 saturated carbocycles. The molecule has 0 unspecified atom stereocenters. The number of nitrogens with one attached hydrogen (secondary N) is 2. The van der Waals surface area contributed by atoms with Gasteiger partial charge in [0.2, 0.25) is 0 Å². The lowest BCUT2D eigenvalue weighted by atomic mass is 10.0. The van der Waals surface area contributed by atoms with Gasteiger partial charge >= 0.3 is 0 Å². The monoisotopic (exact) mass is 1170 g/mol. The van der Waals surface area contributed by atoms with E-state index in [2.05, 4.69) is 73.7 Å². The average molecular weight is 1170 g/mol. The lowest BCUT2D eigenvalue weighted by Crippen LogP contribution is -1.94. The molecule has 2 N–H and O–H groups in total. The summed E-state index contributed by atoms with van der Waals surface area (Å²) < 4.78 is 49.5. The SMILES string of the molecule is COc1cc(OC)cc(-c2c3nc(c(-c4cc(OC)cc(OC)c4)c4ccc([nH]4)c(-c4cc(OC)cc(OC)c4)c4nc(c(-c5cc(OC)cc(OC)c5)c5ccc2[nH]5)C(Br)=C4Br)C(Br)=C3Br)c1. The zero-order chi connectivity index (χ0) is 48.0. The fraction of sp³-hybridized carbons (Fsp3) is 0.154. The van der Waals surface area contributed by atoms with Gasteiger partial charge in [0.05, 0.1) is 97.6 Å². The molecule has 0 amide bonds. The second-order valence-corrected chi connectivity index (χ2v) is 18.5. The highest BCUT2D eigenvalue weighted by Gasteiger charge is 2.29. The van der Waals surface area contributed by atoms with Crippen LogP contribution in [0.5, 0.6) is 46.0 Å². The summed E-state index contributed by atoms with van der Waals surface area (Å²) in [6.07, 6.45) is 0. The number of rotatable bonds is 12. The minimum Gasteiger partial charge on any atom is -0.497 e. The summed E-state index contributed by atoms with van der Waals surface area (Å²) in [5.41, 5.74) is 11.5. The van der Waals surface area contributed by atoms with Crippen LogP contribution in [0, 0.1) is 0 Å². The van der Waals surface area contributed by atoms with E-state index in [9.17, 15) is 0 Å². The molecule has 9 rings (SSSR count). The van der Waals surface area contributed by atoms with E-state index in [1.165, 1.54) is 0 Å². The smallest absolute Gasteiger partial charge is 0.123 e. The highest BCUT2D eigenvalue weighted by atomic mass is 79.9. The fourth-order valence-corrected chi connectivity index (χ4v) is 10.3. The predicted octanol–water partition coefficient (Wildman–Crippen LogP) is 14.3. The van der Waals surface area contributed by atoms with Crippen molar-refractivity contribution in [3.63, 3.8) is 0 Å². The first-order chi connectivity index (χ1) is 32.9. The number of fused-ring (bicyclic) bond motifs is 8. The molecule has 0 spiro atoms. The molecule has 0 aliphatic carbocycles. The van der Waals surface area contributed by atoms with Crippen molar-refractivity contribution in [2.24, 2.45) is 0 Å². The zero-order valence-corrected chi connectivity index (χ0v) is 44.3. The van der Waals surface area contributed by atoms with E-state index in [-0.39, 0.29) is 0 Å². The summed E-state index contributed by atoms with van der Waals surface area (Å²) in [5, 5.41) is 0. The van der Waals surface area contributed by atoms with Crippen molar-refractivity contribution < 1.29 is 37.9 Å². The Bertz CT molecular complexity index is 2890. The second kappa shape index (κ2) is 19.4. The molecule has 0 radical (unpaired) electrons. The molecule has 8 bridgehead atoms. The Hall–Kier alpha value is -6.20. The number of halogens is 4. The fourth-order valence-electron chi connectivity index (χ4n) is 8.36. The van der Waals surface area contributed by atoms with E-state index < -0.39 is 0 Å². The summed E-state index contributed by atoms with van der Waals surface area (Å²) in [6, 6.07) is 31.1. The van der Waals surface area contributed by atoms with Crippen LogP contribution in [0.15, 0.2) is 97.1 Å². The predicted molar refractivity (Wildman–Crippen MR) is 284 cm³/mol. The van der Waals surface area contributed by atoms with Gasteiger partial charge in [0.1, 0.15) is 46.0 Å². The number of aromatic nitrogens is 4. The van der Waals surface area contributed by atoms with Crippen LogP contribution in [-0.2, 0) is 0 Å². The number of H-pyrrole nitrogens is 2. The van der Waals surface area contributed by atoms with Crippen LogP contribution in [0.3, 0.4) is 0 Å². The Labute approximate surface area is 425 Å². The van der Waals surface area contributed by atoms with Crippen LogP contribution in [-0.4, -0.2) is 76.8 Å². The first-order valence-electron chi connectivity index (χ1n) is 20.8. The lowest BCUT2D eigenvalue weighted by molar-refractivity contribution is 0.394. The Morgan fingerprint density at radius 2 is 0.471 bits per heavy atom. The largest absolute Gasteiger partial charge is 0.497 e. The molecule has 2 aliphatic rings. The molecule has 5 heterocycles. The van der Waals surface area contributed by atoms with Crippen molar-refractivity contribution in [2.45, 2.75) is 0 Å². The normalized spacial score (nSPS) is 12.3. The van der Waals surface area contributed by atoms with Gasteiger partial charge in [-0.1, -0.05) is 0 Å². The number of methoxy groups -OCH3 is 8. The Balaban J connectivity index is 1.57. The molecule has 0 saturated heterocycles. The number of aromatic amines is 2. The van der Waals surface area contributed by atoms with Gasteiger partial charge in [-0.25, -0.2) is 9.97 Å². The Morgan fingerprint density at radius 3 is 0.632 bits per heavy atom. The van der Waals surface area contributed by atoms with Crippen LogP contribution >= 0.6 is 63.7 Å². The van der Waals surface area contributed by atoms with Gasteiger partial charge in [-0.05, 0) is 159 Å². The molecular weight excluding hydrogens is 1130 g/mol. The maximum atomic E-state index is 5.83. The summed E-state index contributed by atoms with van der Waals surface area (Å²) in [6.45, 7) is 0. The maximum absolute atomic E-state index is 5.83. The van der Waals surface area contributed by atoms with E-state index >= 15 is 0 Å². The Morgan fingerprint density at radius 1 is 0.294 bits per heavy atom. The van der Waals surface area contributed by atoms with E-state index in [0.29, 0.717) is 86.7 Å². The van der Waals surface area contributed by atoms with Crippen LogP contribution < -0.4 is 37.9 Å². The number of hydrogen-bond acceptors (Lipinski definition) is 10. The molecule has 2 aliphatic heterocycles. The van der Waals surface area contributed by atoms with Gasteiger partial charge in [-0.3, -0.25) is 0 Å². The van der Waals surface area contributed by atoms with Gasteiger partial charge < -0.3 is 47.9 Å². The van der Waals surface area contributed by atoms with Gasteiger partial charge in [0, 0.05) is 68.6 Å². The molecule has 4 aromatic carbocycles. The molecule has 346 valence electrons. The minimum atomic E-state index is 0.598. The average Bonchev–Trinajstić information content (AvgIpc) is 4.17. The lowest BCUT2D eigenvalue weighted by Gasteiger charge is -2.12. The van der Waals surface area contributed by atoms with E-state index in [4.69, 9.17) is 47.9 Å². The van der Waals surface area contributed by atoms with E-state index in [1.807, 2.05) is 97.1 Å². The molecule has 0 atom stereocenters. The first kappa shape index (κ1) is 46.9. The van der Waals surface area contributed by atoms with Gasteiger partial charge in [0.15, 0.2) is 0 Å². The third kappa shape index (κ3) is 8.52. The highest BCUT2D eigenvalue weighted by molar-refractivity contribution is 9.18. The molecule has 0 fully saturated rings. The van der Waals surface area contributed by atoms with Gasteiger partial charge in [0.25, 0.3) is 0 Å². The quantitative estimate of drug-likeness (QED) is 0.122. The van der Waals surface area contributed by atoms with Crippen LogP contribution in [0.2, 0.25) is 0 Å². The minimum absolute atomic E-state index is 0.598. The van der Waals surface area contributed by atoms with Gasteiger partial charge in [-0.15, -0.1) is 0 Å². The van der Waals surface area contributed by atoms with Crippen molar-refractivity contribution >= 4 is 104 Å². The molecule has 3 aromatic heterocycles. The van der Waals surface area contributed by atoms with Gasteiger partial charge in [-0.2, -0.15) is 0 Å². The third-order valence-corrected chi connectivity index (χ3v) is 15.8. The molecule has 12 nitrogen and oxygen atoms in total. The van der Waals surface area contributed by atoms with Crippen molar-refractivity contribution in [3.8, 4) is 90.5 Å². The summed E-state index contributed by atoms with van der Waals surface area (Å²) in [4.78, 5) is 18.7. The Kier molecular flexibility index (Phi) is 13.4. The molecule has 7 aromatic rings. The molecular formula is C52H42Br4N4O8.